The van der Waals surface area contributed by atoms with E-state index in [1.165, 1.54) is 0 Å². The summed E-state index contributed by atoms with van der Waals surface area (Å²) in [4.78, 5) is 9.34. The summed E-state index contributed by atoms with van der Waals surface area (Å²) in [7, 11) is 0. The highest BCUT2D eigenvalue weighted by atomic mass is 16.3. The van der Waals surface area contributed by atoms with Crippen molar-refractivity contribution in [1.29, 1.82) is 0 Å². The van der Waals surface area contributed by atoms with Crippen molar-refractivity contribution >= 4 is 11.4 Å². The number of para-hydroxylation sites is 4. The molecule has 0 aliphatic heterocycles. The Morgan fingerprint density at radius 2 is 0.730 bits per heavy atom. The number of phenols is 4. The van der Waals surface area contributed by atoms with Crippen LogP contribution in [0.5, 0.6) is 23.0 Å². The minimum Gasteiger partial charge on any atom is -0.507 e. The monoisotopic (exact) mass is 495 g/mol. The molecule has 0 atom stereocenters. The van der Waals surface area contributed by atoms with Crippen LogP contribution in [0.3, 0.4) is 0 Å². The summed E-state index contributed by atoms with van der Waals surface area (Å²) in [5.74, 6) is 0.362. The van der Waals surface area contributed by atoms with Crippen molar-refractivity contribution in [2.75, 3.05) is 26.2 Å². The number of benzene rings is 4. The van der Waals surface area contributed by atoms with Crippen molar-refractivity contribution in [1.82, 2.24) is 5.32 Å². The van der Waals surface area contributed by atoms with Crippen LogP contribution >= 0.6 is 0 Å². The summed E-state index contributed by atoms with van der Waals surface area (Å²) in [6.07, 6.45) is 0. The van der Waals surface area contributed by atoms with Gasteiger partial charge in [-0.15, -0.1) is 0 Å². The number of nitrogens with one attached hydrogen (secondary N) is 1. The number of rotatable bonds is 10. The predicted molar refractivity (Wildman–Crippen MR) is 146 cm³/mol. The van der Waals surface area contributed by atoms with E-state index in [2.05, 4.69) is 15.3 Å². The van der Waals surface area contributed by atoms with Crippen LogP contribution in [0.25, 0.3) is 0 Å². The first-order chi connectivity index (χ1) is 18.1. The van der Waals surface area contributed by atoms with Crippen molar-refractivity contribution < 1.29 is 20.4 Å². The van der Waals surface area contributed by atoms with Gasteiger partial charge in [-0.25, -0.2) is 0 Å². The van der Waals surface area contributed by atoms with Crippen LogP contribution in [-0.4, -0.2) is 58.0 Å². The molecule has 0 saturated carbocycles. The van der Waals surface area contributed by atoms with Gasteiger partial charge in [-0.3, -0.25) is 9.98 Å². The molecular weight excluding hydrogens is 466 g/mol. The summed E-state index contributed by atoms with van der Waals surface area (Å²) in [5.41, 5.74) is 3.20. The van der Waals surface area contributed by atoms with E-state index in [0.717, 1.165) is 0 Å². The predicted octanol–water partition coefficient (Wildman–Crippen LogP) is 4.47. The number of aromatic hydroxyl groups is 4. The van der Waals surface area contributed by atoms with Crippen LogP contribution in [0.1, 0.15) is 22.3 Å². The van der Waals surface area contributed by atoms with Crippen LogP contribution in [-0.2, 0) is 0 Å². The van der Waals surface area contributed by atoms with Gasteiger partial charge in [0.25, 0.3) is 0 Å². The zero-order chi connectivity index (χ0) is 26.0. The first-order valence-corrected chi connectivity index (χ1v) is 12.0. The van der Waals surface area contributed by atoms with E-state index in [9.17, 15) is 20.4 Å². The van der Waals surface area contributed by atoms with Gasteiger partial charge in [-0.05, 0) is 48.5 Å². The molecule has 4 rings (SSSR count). The lowest BCUT2D eigenvalue weighted by Crippen LogP contribution is -2.22. The van der Waals surface area contributed by atoms with E-state index >= 15 is 0 Å². The molecule has 0 radical (unpaired) electrons. The van der Waals surface area contributed by atoms with Gasteiger partial charge in [0.1, 0.15) is 23.0 Å². The van der Waals surface area contributed by atoms with Crippen molar-refractivity contribution in [3.63, 3.8) is 0 Å². The summed E-state index contributed by atoms with van der Waals surface area (Å²) >= 11 is 0. The third kappa shape index (κ3) is 6.34. The highest BCUT2D eigenvalue weighted by molar-refractivity contribution is 6.16. The first-order valence-electron chi connectivity index (χ1n) is 12.0. The summed E-state index contributed by atoms with van der Waals surface area (Å²) in [5, 5.41) is 44.7. The molecular formula is C30H29N3O4. The lowest BCUT2D eigenvalue weighted by Gasteiger charge is -2.12. The van der Waals surface area contributed by atoms with Gasteiger partial charge >= 0.3 is 0 Å². The molecule has 7 heteroatoms. The maximum atomic E-state index is 10.4. The minimum atomic E-state index is 0.0904. The smallest absolute Gasteiger partial charge is 0.124 e. The fraction of sp³-hybridized carbons (Fsp3) is 0.133. The zero-order valence-electron chi connectivity index (χ0n) is 20.2. The molecule has 4 aromatic rings. The van der Waals surface area contributed by atoms with Crippen LogP contribution in [0.15, 0.2) is 107 Å². The second-order valence-electron chi connectivity index (χ2n) is 8.28. The highest BCUT2D eigenvalue weighted by Gasteiger charge is 2.15. The Morgan fingerprint density at radius 3 is 1.00 bits per heavy atom. The standard InChI is InChI=1S/C30H29N3O4/c34-25-13-5-1-9-21(25)29(22-10-2-6-14-26(22)35)32-19-17-31-18-20-33-30(23-11-3-7-15-27(23)36)24-12-4-8-16-28(24)37/h1-16,31,34-37H,17-20H2. The van der Waals surface area contributed by atoms with E-state index in [-0.39, 0.29) is 23.0 Å². The third-order valence-corrected chi connectivity index (χ3v) is 5.75. The van der Waals surface area contributed by atoms with Crippen LogP contribution < -0.4 is 5.32 Å². The van der Waals surface area contributed by atoms with Gasteiger partial charge in [0.2, 0.25) is 0 Å². The molecule has 0 saturated heterocycles. The number of hydrogen-bond donors (Lipinski definition) is 5. The Balaban J connectivity index is 1.44. The molecule has 0 unspecified atom stereocenters. The van der Waals surface area contributed by atoms with Gasteiger partial charge < -0.3 is 25.7 Å². The Hall–Kier alpha value is -4.62. The van der Waals surface area contributed by atoms with Crippen molar-refractivity contribution in [2.45, 2.75) is 0 Å². The summed E-state index contributed by atoms with van der Waals surface area (Å²) in [6.45, 7) is 1.91. The topological polar surface area (TPSA) is 118 Å². The Morgan fingerprint density at radius 1 is 0.459 bits per heavy atom. The van der Waals surface area contributed by atoms with E-state index in [0.29, 0.717) is 59.9 Å². The van der Waals surface area contributed by atoms with Gasteiger partial charge in [0.15, 0.2) is 0 Å². The first kappa shape index (κ1) is 25.5. The molecule has 0 aliphatic carbocycles. The molecule has 37 heavy (non-hydrogen) atoms. The fourth-order valence-electron chi connectivity index (χ4n) is 3.94. The molecule has 0 fully saturated rings. The van der Waals surface area contributed by atoms with Crippen LogP contribution in [0.2, 0.25) is 0 Å². The molecule has 7 nitrogen and oxygen atoms in total. The highest BCUT2D eigenvalue weighted by Crippen LogP contribution is 2.27. The molecule has 0 bridgehead atoms. The van der Waals surface area contributed by atoms with Crippen LogP contribution in [0.4, 0.5) is 0 Å². The van der Waals surface area contributed by atoms with Crippen molar-refractivity contribution in [3.8, 4) is 23.0 Å². The third-order valence-electron chi connectivity index (χ3n) is 5.75. The molecule has 0 aromatic heterocycles. The SMILES string of the molecule is Oc1ccccc1C(=NCCNCCN=C(c1ccccc1O)c1ccccc1O)c1ccccc1O. The minimum absolute atomic E-state index is 0.0904. The van der Waals surface area contributed by atoms with E-state index < -0.39 is 0 Å². The summed E-state index contributed by atoms with van der Waals surface area (Å²) < 4.78 is 0. The number of aliphatic imine (C=N–C) groups is 2. The maximum Gasteiger partial charge on any atom is 0.124 e. The molecule has 0 amide bonds. The quantitative estimate of drug-likeness (QED) is 0.164. The van der Waals surface area contributed by atoms with Crippen molar-refractivity contribution in [2.24, 2.45) is 9.98 Å². The van der Waals surface area contributed by atoms with Crippen molar-refractivity contribution in [3.05, 3.63) is 119 Å². The Labute approximate surface area is 215 Å². The van der Waals surface area contributed by atoms with E-state index in [4.69, 9.17) is 0 Å². The lowest BCUT2D eigenvalue weighted by molar-refractivity contribution is 0.471. The normalized spacial score (nSPS) is 10.6. The molecule has 5 N–H and O–H groups in total. The average molecular weight is 496 g/mol. The largest absolute Gasteiger partial charge is 0.507 e. The second kappa shape index (κ2) is 12.4. The molecule has 0 aliphatic rings. The molecule has 0 heterocycles. The Bertz CT molecular complexity index is 1210. The molecule has 4 aromatic carbocycles. The molecule has 0 spiro atoms. The lowest BCUT2D eigenvalue weighted by atomic mass is 10.0. The zero-order valence-corrected chi connectivity index (χ0v) is 20.2. The van der Waals surface area contributed by atoms with Crippen LogP contribution in [0, 0.1) is 0 Å². The Kier molecular flexibility index (Phi) is 8.52. The van der Waals surface area contributed by atoms with E-state index in [1.54, 1.807) is 72.8 Å². The summed E-state index contributed by atoms with van der Waals surface area (Å²) in [6, 6.07) is 27.6. The maximum absolute atomic E-state index is 10.4. The van der Waals surface area contributed by atoms with Gasteiger partial charge in [0.05, 0.1) is 24.5 Å². The fourth-order valence-corrected chi connectivity index (χ4v) is 3.94. The number of phenolic OH excluding ortho intramolecular Hbond substituents is 4. The van der Waals surface area contributed by atoms with Gasteiger partial charge in [-0.1, -0.05) is 48.5 Å². The van der Waals surface area contributed by atoms with E-state index in [1.807, 2.05) is 24.3 Å². The second-order valence-corrected chi connectivity index (χ2v) is 8.28. The average Bonchev–Trinajstić information content (AvgIpc) is 2.90. The molecule has 188 valence electrons. The number of nitrogens with zero attached hydrogens (tertiary/aromatic N) is 2. The van der Waals surface area contributed by atoms with Gasteiger partial charge in [0, 0.05) is 35.3 Å². The van der Waals surface area contributed by atoms with Gasteiger partial charge in [-0.2, -0.15) is 0 Å². The number of hydrogen-bond acceptors (Lipinski definition) is 7.